The van der Waals surface area contributed by atoms with Crippen LogP contribution in [-0.4, -0.2) is 86.2 Å². The van der Waals surface area contributed by atoms with Gasteiger partial charge in [-0.25, -0.2) is 0 Å². The highest BCUT2D eigenvalue weighted by molar-refractivity contribution is 6.31. The molecule has 2 aromatic rings. The molecular formula is C32H55ClN4O4. The highest BCUT2D eigenvalue weighted by Crippen LogP contribution is 2.21. The summed E-state index contributed by atoms with van der Waals surface area (Å²) in [6.45, 7) is 3.49. The first-order valence-corrected chi connectivity index (χ1v) is 14.1. The Morgan fingerprint density at radius 1 is 0.659 bits per heavy atom. The number of phenols is 2. The largest absolute Gasteiger partial charge is 0.507 e. The molecule has 0 saturated heterocycles. The van der Waals surface area contributed by atoms with Gasteiger partial charge in [0.05, 0.1) is 11.1 Å². The fourth-order valence-corrected chi connectivity index (χ4v) is 3.94. The number of amides is 2. The van der Waals surface area contributed by atoms with E-state index in [0.29, 0.717) is 23.7 Å². The maximum atomic E-state index is 11.9. The van der Waals surface area contributed by atoms with E-state index in [9.17, 15) is 19.8 Å². The zero-order chi connectivity index (χ0) is 29.0. The van der Waals surface area contributed by atoms with Crippen molar-refractivity contribution in [2.75, 3.05) is 54.4 Å². The molecule has 2 rings (SSSR count). The van der Waals surface area contributed by atoms with Crippen LogP contribution in [0.2, 0.25) is 5.02 Å². The van der Waals surface area contributed by atoms with Gasteiger partial charge in [0.15, 0.2) is 0 Å². The molecule has 8 nitrogen and oxygen atoms in total. The Labute approximate surface area is 254 Å². The number of carbonyl (C=O) groups is 2. The highest BCUT2D eigenvalue weighted by atomic mass is 35.5. The number of benzene rings is 2. The number of halogens is 1. The predicted molar refractivity (Wildman–Crippen MR) is 173 cm³/mol. The van der Waals surface area contributed by atoms with Crippen molar-refractivity contribution in [3.8, 4) is 11.5 Å². The van der Waals surface area contributed by atoms with E-state index in [4.69, 9.17) is 11.6 Å². The Morgan fingerprint density at radius 3 is 1.59 bits per heavy atom. The number of hydrogen-bond acceptors (Lipinski definition) is 6. The van der Waals surface area contributed by atoms with Gasteiger partial charge in [0.1, 0.15) is 11.5 Å². The number of nitrogens with one attached hydrogen (secondary N) is 2. The zero-order valence-electron chi connectivity index (χ0n) is 24.0. The van der Waals surface area contributed by atoms with Crippen LogP contribution in [0.25, 0.3) is 0 Å². The van der Waals surface area contributed by atoms with Crippen molar-refractivity contribution >= 4 is 23.4 Å². The van der Waals surface area contributed by atoms with Crippen molar-refractivity contribution in [2.24, 2.45) is 0 Å². The fraction of sp³-hybridized carbons (Fsp3) is 0.562. The zero-order valence-corrected chi connectivity index (χ0v) is 24.8. The standard InChI is InChI=1S/C15H23ClN2O2.C15H24N2O2.2CH4/c1-18(2)10-6-4-3-5-9-17-15(20)13-11-12(16)7-8-14(13)19;1-17(2)12-8-4-3-7-11-16-15(19)13-9-5-6-10-14(13)18;;/h7-8,11,19H,3-6,9-10H2,1-2H3,(H,17,20);5-6,9-10,18H,3-4,7-8,11-12H2,1-2H3,(H,16,19);2*1H4. The summed E-state index contributed by atoms with van der Waals surface area (Å²) in [5.74, 6) is -0.492. The predicted octanol–water partition coefficient (Wildman–Crippen LogP) is 6.41. The molecule has 0 aliphatic carbocycles. The Morgan fingerprint density at radius 2 is 1.10 bits per heavy atom. The third-order valence-electron chi connectivity index (χ3n) is 5.99. The minimum Gasteiger partial charge on any atom is -0.507 e. The van der Waals surface area contributed by atoms with E-state index in [0.717, 1.165) is 45.2 Å². The molecular weight excluding hydrogens is 540 g/mol. The molecule has 0 aliphatic rings. The minimum atomic E-state index is -0.279. The molecule has 0 heterocycles. The number of aromatic hydroxyl groups is 2. The molecule has 2 aromatic carbocycles. The third kappa shape index (κ3) is 19.0. The molecule has 0 unspecified atom stereocenters. The Kier molecular flexibility index (Phi) is 23.5. The van der Waals surface area contributed by atoms with Gasteiger partial charge in [-0.1, -0.05) is 64.3 Å². The molecule has 0 fully saturated rings. The van der Waals surface area contributed by atoms with Crippen LogP contribution in [0.4, 0.5) is 0 Å². The number of nitrogens with zero attached hydrogens (tertiary/aromatic N) is 2. The molecule has 0 spiro atoms. The van der Waals surface area contributed by atoms with Crippen LogP contribution < -0.4 is 10.6 Å². The first-order valence-electron chi connectivity index (χ1n) is 13.7. The summed E-state index contributed by atoms with van der Waals surface area (Å²) in [4.78, 5) is 28.0. The lowest BCUT2D eigenvalue weighted by Crippen LogP contribution is -2.24. The monoisotopic (exact) mass is 594 g/mol. The van der Waals surface area contributed by atoms with Crippen LogP contribution in [0.5, 0.6) is 11.5 Å². The average molecular weight is 595 g/mol. The van der Waals surface area contributed by atoms with Gasteiger partial charge in [0.2, 0.25) is 0 Å². The van der Waals surface area contributed by atoms with Gasteiger partial charge in [-0.05, 0) is 97.3 Å². The Hall–Kier alpha value is -2.81. The van der Waals surface area contributed by atoms with E-state index in [1.807, 2.05) is 0 Å². The van der Waals surface area contributed by atoms with Crippen molar-refractivity contribution in [1.29, 1.82) is 0 Å². The molecule has 2 amide bonds. The van der Waals surface area contributed by atoms with Crippen LogP contribution in [-0.2, 0) is 0 Å². The summed E-state index contributed by atoms with van der Waals surface area (Å²) in [6, 6.07) is 11.1. The number of unbranched alkanes of at least 4 members (excludes halogenated alkanes) is 6. The van der Waals surface area contributed by atoms with Gasteiger partial charge < -0.3 is 30.6 Å². The van der Waals surface area contributed by atoms with Gasteiger partial charge in [0, 0.05) is 18.1 Å². The van der Waals surface area contributed by atoms with Crippen LogP contribution in [0, 0.1) is 0 Å². The molecule has 41 heavy (non-hydrogen) atoms. The number of phenolic OH excluding ortho intramolecular Hbond substituents is 2. The molecule has 4 N–H and O–H groups in total. The number of carbonyl (C=O) groups excluding carboxylic acids is 2. The molecule has 0 radical (unpaired) electrons. The van der Waals surface area contributed by atoms with Gasteiger partial charge in [0.25, 0.3) is 11.8 Å². The summed E-state index contributed by atoms with van der Waals surface area (Å²) < 4.78 is 0. The van der Waals surface area contributed by atoms with E-state index in [1.54, 1.807) is 24.3 Å². The van der Waals surface area contributed by atoms with Crippen molar-refractivity contribution in [3.63, 3.8) is 0 Å². The van der Waals surface area contributed by atoms with Crippen molar-refractivity contribution in [2.45, 2.75) is 66.2 Å². The summed E-state index contributed by atoms with van der Waals surface area (Å²) in [5.41, 5.74) is 0.570. The van der Waals surface area contributed by atoms with Gasteiger partial charge in [-0.3, -0.25) is 9.59 Å². The van der Waals surface area contributed by atoms with Crippen LogP contribution in [0.1, 0.15) is 86.9 Å². The van der Waals surface area contributed by atoms with Crippen molar-refractivity contribution < 1.29 is 19.8 Å². The fourth-order valence-electron chi connectivity index (χ4n) is 3.76. The minimum absolute atomic E-state index is 0. The van der Waals surface area contributed by atoms with Gasteiger partial charge in [-0.2, -0.15) is 0 Å². The van der Waals surface area contributed by atoms with Crippen LogP contribution in [0.15, 0.2) is 42.5 Å². The summed E-state index contributed by atoms with van der Waals surface area (Å²) in [6.07, 6.45) is 8.86. The summed E-state index contributed by atoms with van der Waals surface area (Å²) in [7, 11) is 8.29. The van der Waals surface area contributed by atoms with Crippen molar-refractivity contribution in [3.05, 3.63) is 58.6 Å². The quantitative estimate of drug-likeness (QED) is 0.167. The summed E-state index contributed by atoms with van der Waals surface area (Å²) >= 11 is 5.81. The SMILES string of the molecule is C.C.CN(C)CCCCCCNC(=O)c1cc(Cl)ccc1O.CN(C)CCCCCCNC(=O)c1ccccc1O. The Balaban J connectivity index is 0. The molecule has 0 aromatic heterocycles. The van der Waals surface area contributed by atoms with E-state index in [-0.39, 0.29) is 43.7 Å². The number of para-hydroxylation sites is 1. The first kappa shape index (κ1) is 40.3. The number of hydrogen-bond donors (Lipinski definition) is 4. The van der Waals surface area contributed by atoms with Crippen LogP contribution >= 0.6 is 11.6 Å². The second kappa shape index (κ2) is 23.9. The average Bonchev–Trinajstić information content (AvgIpc) is 2.89. The topological polar surface area (TPSA) is 105 Å². The summed E-state index contributed by atoms with van der Waals surface area (Å²) in [5, 5.41) is 25.2. The lowest BCUT2D eigenvalue weighted by molar-refractivity contribution is 0.0941. The molecule has 234 valence electrons. The van der Waals surface area contributed by atoms with E-state index in [2.05, 4.69) is 48.6 Å². The van der Waals surface area contributed by atoms with E-state index < -0.39 is 0 Å². The normalized spacial score (nSPS) is 10.2. The smallest absolute Gasteiger partial charge is 0.255 e. The molecule has 0 atom stereocenters. The lowest BCUT2D eigenvalue weighted by atomic mass is 10.1. The lowest BCUT2D eigenvalue weighted by Gasteiger charge is -2.09. The number of rotatable bonds is 16. The maximum absolute atomic E-state index is 11.9. The van der Waals surface area contributed by atoms with Crippen molar-refractivity contribution in [1.82, 2.24) is 20.4 Å². The van der Waals surface area contributed by atoms with Crippen LogP contribution in [0.3, 0.4) is 0 Å². The first-order chi connectivity index (χ1) is 18.6. The molecule has 0 saturated carbocycles. The molecule has 9 heteroatoms. The Bertz CT molecular complexity index is 986. The van der Waals surface area contributed by atoms with E-state index in [1.165, 1.54) is 37.5 Å². The third-order valence-corrected chi connectivity index (χ3v) is 6.22. The maximum Gasteiger partial charge on any atom is 0.255 e. The van der Waals surface area contributed by atoms with Gasteiger partial charge >= 0.3 is 0 Å². The molecule has 0 bridgehead atoms. The molecule has 0 aliphatic heterocycles. The highest BCUT2D eigenvalue weighted by Gasteiger charge is 2.11. The van der Waals surface area contributed by atoms with Gasteiger partial charge in [-0.15, -0.1) is 0 Å². The second-order valence-corrected chi connectivity index (χ2v) is 10.6. The second-order valence-electron chi connectivity index (χ2n) is 10.1. The van der Waals surface area contributed by atoms with E-state index >= 15 is 0 Å².